The summed E-state index contributed by atoms with van der Waals surface area (Å²) in [6.07, 6.45) is -1.36. The van der Waals surface area contributed by atoms with E-state index in [1.807, 2.05) is 0 Å². The largest absolute Gasteiger partial charge is 0.451 e. The topological polar surface area (TPSA) is 53.1 Å². The number of alkyl halides is 3. The van der Waals surface area contributed by atoms with Crippen LogP contribution in [0.3, 0.4) is 0 Å². The normalized spacial score (nSPS) is 25.9. The molecule has 3 rings (SSSR count). The number of hydrogen-bond donors (Lipinski definition) is 2. The molecule has 0 bridgehead atoms. The number of anilines is 2. The summed E-state index contributed by atoms with van der Waals surface area (Å²) in [5.41, 5.74) is 0. The Morgan fingerprint density at radius 3 is 2.67 bits per heavy atom. The van der Waals surface area contributed by atoms with Gasteiger partial charge in [-0.1, -0.05) is 0 Å². The number of nitrogens with zero attached hydrogens (tertiary/aromatic N) is 3. The lowest BCUT2D eigenvalue weighted by molar-refractivity contribution is -0.144. The second-order valence-corrected chi connectivity index (χ2v) is 5.49. The lowest BCUT2D eigenvalue weighted by Crippen LogP contribution is -2.34. The molecule has 0 aromatic carbocycles. The van der Waals surface area contributed by atoms with Crippen LogP contribution in [-0.4, -0.2) is 47.1 Å². The summed E-state index contributed by atoms with van der Waals surface area (Å²) in [7, 11) is 1.54. The van der Waals surface area contributed by atoms with Gasteiger partial charge in [0.05, 0.1) is 0 Å². The highest BCUT2D eigenvalue weighted by Crippen LogP contribution is 2.32. The Bertz CT molecular complexity index is 519. The van der Waals surface area contributed by atoms with Gasteiger partial charge < -0.3 is 10.6 Å². The van der Waals surface area contributed by atoms with Gasteiger partial charge in [0.25, 0.3) is 0 Å². The molecule has 0 aliphatic carbocycles. The molecule has 0 radical (unpaired) electrons. The van der Waals surface area contributed by atoms with E-state index < -0.39 is 12.0 Å². The maximum absolute atomic E-state index is 12.8. The van der Waals surface area contributed by atoms with Gasteiger partial charge in [0.1, 0.15) is 11.6 Å². The van der Waals surface area contributed by atoms with Gasteiger partial charge in [-0.15, -0.1) is 0 Å². The molecule has 2 saturated heterocycles. The van der Waals surface area contributed by atoms with Crippen molar-refractivity contribution >= 4 is 11.6 Å². The highest BCUT2D eigenvalue weighted by Gasteiger charge is 2.38. The van der Waals surface area contributed by atoms with Crippen molar-refractivity contribution in [2.24, 2.45) is 0 Å². The number of halogens is 3. The van der Waals surface area contributed by atoms with Crippen molar-refractivity contribution in [1.82, 2.24) is 14.9 Å². The first kappa shape index (κ1) is 14.4. The summed E-state index contributed by atoms with van der Waals surface area (Å²) < 4.78 is 38.5. The first-order valence-corrected chi connectivity index (χ1v) is 7.12. The Morgan fingerprint density at radius 2 is 1.95 bits per heavy atom. The van der Waals surface area contributed by atoms with E-state index >= 15 is 0 Å². The quantitative estimate of drug-likeness (QED) is 0.896. The smallest absolute Gasteiger partial charge is 0.373 e. The summed E-state index contributed by atoms with van der Waals surface area (Å²) in [5, 5.41) is 5.82. The Morgan fingerprint density at radius 1 is 1.19 bits per heavy atom. The van der Waals surface area contributed by atoms with E-state index in [9.17, 15) is 13.2 Å². The maximum Gasteiger partial charge on any atom is 0.451 e. The Hall–Kier alpha value is -1.57. The molecule has 1 aromatic rings. The van der Waals surface area contributed by atoms with Crippen LogP contribution in [0.4, 0.5) is 24.8 Å². The SMILES string of the molecule is CNc1cc(NC2CCN3CCCC23)nc(C(F)(F)F)n1. The first-order valence-electron chi connectivity index (χ1n) is 7.12. The van der Waals surface area contributed by atoms with Crippen LogP contribution in [0.5, 0.6) is 0 Å². The molecule has 8 heteroatoms. The minimum atomic E-state index is -4.54. The Labute approximate surface area is 120 Å². The monoisotopic (exact) mass is 301 g/mol. The molecule has 5 nitrogen and oxygen atoms in total. The van der Waals surface area contributed by atoms with Crippen LogP contribution < -0.4 is 10.6 Å². The summed E-state index contributed by atoms with van der Waals surface area (Å²) in [4.78, 5) is 9.48. The minimum Gasteiger partial charge on any atom is -0.373 e. The van der Waals surface area contributed by atoms with Gasteiger partial charge in [0.2, 0.25) is 5.82 Å². The fraction of sp³-hybridized carbons (Fsp3) is 0.692. The van der Waals surface area contributed by atoms with E-state index in [1.165, 1.54) is 6.07 Å². The molecule has 2 aliphatic heterocycles. The van der Waals surface area contributed by atoms with Crippen molar-refractivity contribution in [2.75, 3.05) is 30.8 Å². The number of hydrogen-bond acceptors (Lipinski definition) is 5. The van der Waals surface area contributed by atoms with Gasteiger partial charge in [-0.2, -0.15) is 13.2 Å². The van der Waals surface area contributed by atoms with Crippen LogP contribution in [-0.2, 0) is 6.18 Å². The van der Waals surface area contributed by atoms with E-state index in [0.717, 1.165) is 32.4 Å². The second kappa shape index (κ2) is 5.32. The van der Waals surface area contributed by atoms with Crippen LogP contribution in [0.15, 0.2) is 6.07 Å². The molecule has 2 atom stereocenters. The Kier molecular flexibility index (Phi) is 3.64. The van der Waals surface area contributed by atoms with E-state index in [-0.39, 0.29) is 17.7 Å². The molecule has 0 amide bonds. The average molecular weight is 301 g/mol. The number of rotatable bonds is 3. The molecule has 116 valence electrons. The number of fused-ring (bicyclic) bond motifs is 1. The van der Waals surface area contributed by atoms with Crippen LogP contribution >= 0.6 is 0 Å². The zero-order valence-corrected chi connectivity index (χ0v) is 11.7. The molecule has 2 fully saturated rings. The van der Waals surface area contributed by atoms with Crippen molar-refractivity contribution in [1.29, 1.82) is 0 Å². The van der Waals surface area contributed by atoms with E-state index in [4.69, 9.17) is 0 Å². The lowest BCUT2D eigenvalue weighted by atomic mass is 10.1. The van der Waals surface area contributed by atoms with Crippen molar-refractivity contribution < 1.29 is 13.2 Å². The molecule has 3 heterocycles. The molecule has 2 N–H and O–H groups in total. The van der Waals surface area contributed by atoms with Gasteiger partial charge in [-0.3, -0.25) is 4.90 Å². The lowest BCUT2D eigenvalue weighted by Gasteiger charge is -2.22. The summed E-state index contributed by atoms with van der Waals surface area (Å²) in [6, 6.07) is 2.09. The van der Waals surface area contributed by atoms with Crippen LogP contribution in [0.25, 0.3) is 0 Å². The molecule has 0 saturated carbocycles. The Balaban J connectivity index is 1.81. The van der Waals surface area contributed by atoms with Gasteiger partial charge in [-0.25, -0.2) is 9.97 Å². The predicted octanol–water partition coefficient (Wildman–Crippen LogP) is 2.19. The van der Waals surface area contributed by atoms with Crippen LogP contribution in [0.1, 0.15) is 25.1 Å². The standard InChI is InChI=1S/C13H18F3N5/c1-17-10-7-11(20-12(19-10)13(14,15)16)18-8-4-6-21-5-2-3-9(8)21/h7-9H,2-6H2,1H3,(H2,17,18,19,20). The van der Waals surface area contributed by atoms with Crippen molar-refractivity contribution in [3.8, 4) is 0 Å². The second-order valence-electron chi connectivity index (χ2n) is 5.49. The number of aromatic nitrogens is 2. The van der Waals surface area contributed by atoms with Crippen molar-refractivity contribution in [3.63, 3.8) is 0 Å². The minimum absolute atomic E-state index is 0.160. The fourth-order valence-corrected chi connectivity index (χ4v) is 3.22. The first-order chi connectivity index (χ1) is 9.97. The maximum atomic E-state index is 12.8. The van der Waals surface area contributed by atoms with Crippen LogP contribution in [0, 0.1) is 0 Å². The molecule has 2 unspecified atom stereocenters. The fourth-order valence-electron chi connectivity index (χ4n) is 3.22. The zero-order valence-electron chi connectivity index (χ0n) is 11.7. The van der Waals surface area contributed by atoms with Gasteiger partial charge in [0.15, 0.2) is 0 Å². The molecule has 2 aliphatic rings. The van der Waals surface area contributed by atoms with Crippen molar-refractivity contribution in [2.45, 2.75) is 37.5 Å². The number of nitrogens with one attached hydrogen (secondary N) is 2. The van der Waals surface area contributed by atoms with Gasteiger partial charge >= 0.3 is 6.18 Å². The third kappa shape index (κ3) is 2.90. The summed E-state index contributed by atoms with van der Waals surface area (Å²) in [6.45, 7) is 2.08. The molecular weight excluding hydrogens is 283 g/mol. The molecule has 0 spiro atoms. The predicted molar refractivity (Wildman–Crippen MR) is 73.2 cm³/mol. The third-order valence-electron chi connectivity index (χ3n) is 4.18. The summed E-state index contributed by atoms with van der Waals surface area (Å²) in [5.74, 6) is -0.709. The van der Waals surface area contributed by atoms with E-state index in [0.29, 0.717) is 6.04 Å². The zero-order chi connectivity index (χ0) is 15.0. The van der Waals surface area contributed by atoms with Gasteiger partial charge in [-0.05, 0) is 25.8 Å². The van der Waals surface area contributed by atoms with Gasteiger partial charge in [0, 0.05) is 31.7 Å². The highest BCUT2D eigenvalue weighted by atomic mass is 19.4. The summed E-state index contributed by atoms with van der Waals surface area (Å²) >= 11 is 0. The average Bonchev–Trinajstić information content (AvgIpc) is 3.02. The molecule has 1 aromatic heterocycles. The third-order valence-corrected chi connectivity index (χ3v) is 4.18. The molecular formula is C13H18F3N5. The van der Waals surface area contributed by atoms with E-state index in [2.05, 4.69) is 25.5 Å². The molecule has 21 heavy (non-hydrogen) atoms. The van der Waals surface area contributed by atoms with Crippen molar-refractivity contribution in [3.05, 3.63) is 11.9 Å². The van der Waals surface area contributed by atoms with Crippen LogP contribution in [0.2, 0.25) is 0 Å². The highest BCUT2D eigenvalue weighted by molar-refractivity contribution is 5.48. The van der Waals surface area contributed by atoms with E-state index in [1.54, 1.807) is 7.05 Å².